The van der Waals surface area contributed by atoms with Crippen LogP contribution in [0.15, 0.2) is 6.07 Å². The predicted molar refractivity (Wildman–Crippen MR) is 68.3 cm³/mol. The molecule has 0 fully saturated rings. The molecular weight excluding hydrogens is 255 g/mol. The second-order valence-corrected chi connectivity index (χ2v) is 5.43. The van der Waals surface area contributed by atoms with Gasteiger partial charge in [0.1, 0.15) is 5.82 Å². The fourth-order valence-corrected chi connectivity index (χ4v) is 2.60. The van der Waals surface area contributed by atoms with Crippen molar-refractivity contribution in [2.75, 3.05) is 5.32 Å². The minimum atomic E-state index is -4.25. The minimum Gasteiger partial charge on any atom is -0.368 e. The number of fused-ring (bicyclic) bond motifs is 1. The Morgan fingerprint density at radius 2 is 2.21 bits per heavy atom. The van der Waals surface area contributed by atoms with Gasteiger partial charge in [-0.25, -0.2) is 4.68 Å². The molecule has 19 heavy (non-hydrogen) atoms. The number of alkyl halides is 3. The smallest absolute Gasteiger partial charge is 0.368 e. The second-order valence-electron chi connectivity index (χ2n) is 5.43. The van der Waals surface area contributed by atoms with Crippen LogP contribution < -0.4 is 5.32 Å². The van der Waals surface area contributed by atoms with E-state index in [4.69, 9.17) is 0 Å². The molecule has 108 valence electrons. The predicted octanol–water partition coefficient (Wildman–Crippen LogP) is 4.09. The summed E-state index contributed by atoms with van der Waals surface area (Å²) in [5, 5.41) is 7.27. The number of hydrogen-bond donors (Lipinski definition) is 1. The highest BCUT2D eigenvalue weighted by Gasteiger charge is 2.45. The van der Waals surface area contributed by atoms with Crippen LogP contribution in [0.5, 0.6) is 0 Å². The lowest BCUT2D eigenvalue weighted by Gasteiger charge is -2.31. The molecule has 2 heterocycles. The summed E-state index contributed by atoms with van der Waals surface area (Å²) in [6.07, 6.45) is -2.29. The summed E-state index contributed by atoms with van der Waals surface area (Å²) in [5.74, 6) is 0.674. The maximum atomic E-state index is 13.1. The van der Waals surface area contributed by atoms with Crippen LogP contribution in [-0.4, -0.2) is 22.0 Å². The third-order valence-corrected chi connectivity index (χ3v) is 3.63. The monoisotopic (exact) mass is 275 g/mol. The Morgan fingerprint density at radius 1 is 1.53 bits per heavy atom. The van der Waals surface area contributed by atoms with Crippen LogP contribution in [0.3, 0.4) is 0 Å². The minimum absolute atomic E-state index is 0.0276. The average molecular weight is 275 g/mol. The third kappa shape index (κ3) is 2.87. The van der Waals surface area contributed by atoms with Crippen molar-refractivity contribution < 1.29 is 13.2 Å². The number of aromatic nitrogens is 2. The maximum Gasteiger partial charge on any atom is 0.410 e. The van der Waals surface area contributed by atoms with Crippen LogP contribution in [0.25, 0.3) is 0 Å². The summed E-state index contributed by atoms with van der Waals surface area (Å²) in [4.78, 5) is 0. The molecule has 1 aliphatic heterocycles. The van der Waals surface area contributed by atoms with Crippen molar-refractivity contribution in [3.8, 4) is 0 Å². The van der Waals surface area contributed by atoms with Crippen molar-refractivity contribution in [2.45, 2.75) is 64.2 Å². The molecule has 1 aromatic rings. The lowest BCUT2D eigenvalue weighted by molar-refractivity contribution is -0.173. The number of hydrogen-bond acceptors (Lipinski definition) is 2. The number of nitrogens with one attached hydrogen (secondary N) is 1. The third-order valence-electron chi connectivity index (χ3n) is 3.63. The first-order chi connectivity index (χ1) is 8.82. The Hall–Kier alpha value is -1.20. The van der Waals surface area contributed by atoms with Gasteiger partial charge in [0.2, 0.25) is 0 Å². The van der Waals surface area contributed by atoms with E-state index < -0.39 is 12.2 Å². The molecule has 0 amide bonds. The molecule has 0 radical (unpaired) electrons. The van der Waals surface area contributed by atoms with Crippen molar-refractivity contribution in [2.24, 2.45) is 0 Å². The van der Waals surface area contributed by atoms with Gasteiger partial charge in [0, 0.05) is 18.0 Å². The first-order valence-electron chi connectivity index (χ1n) is 6.75. The van der Waals surface area contributed by atoms with Gasteiger partial charge < -0.3 is 5.32 Å². The van der Waals surface area contributed by atoms with Crippen LogP contribution in [-0.2, 0) is 0 Å². The van der Waals surface area contributed by atoms with Crippen molar-refractivity contribution in [1.82, 2.24) is 9.78 Å². The van der Waals surface area contributed by atoms with E-state index in [0.717, 1.165) is 23.2 Å². The first-order valence-corrected chi connectivity index (χ1v) is 6.75. The van der Waals surface area contributed by atoms with Crippen LogP contribution in [0.1, 0.15) is 57.7 Å². The van der Waals surface area contributed by atoms with E-state index >= 15 is 0 Å². The van der Waals surface area contributed by atoms with Crippen LogP contribution in [0, 0.1) is 0 Å². The molecule has 0 saturated heterocycles. The molecule has 1 aromatic heterocycles. The summed E-state index contributed by atoms with van der Waals surface area (Å²) in [5.41, 5.74) is 0.743. The highest BCUT2D eigenvalue weighted by molar-refractivity contribution is 5.41. The van der Waals surface area contributed by atoms with Gasteiger partial charge in [-0.05, 0) is 19.8 Å². The second kappa shape index (κ2) is 5.06. The van der Waals surface area contributed by atoms with E-state index in [1.165, 1.54) is 0 Å². The van der Waals surface area contributed by atoms with Crippen LogP contribution in [0.4, 0.5) is 19.0 Å². The van der Waals surface area contributed by atoms with Gasteiger partial charge in [-0.1, -0.05) is 20.3 Å². The Balaban J connectivity index is 2.33. The van der Waals surface area contributed by atoms with Crippen molar-refractivity contribution in [3.63, 3.8) is 0 Å². The molecule has 0 bridgehead atoms. The molecule has 3 unspecified atom stereocenters. The van der Waals surface area contributed by atoms with Gasteiger partial charge in [0.05, 0.1) is 5.69 Å². The summed E-state index contributed by atoms with van der Waals surface area (Å²) in [6, 6.07) is 0.0563. The van der Waals surface area contributed by atoms with E-state index in [-0.39, 0.29) is 18.4 Å². The van der Waals surface area contributed by atoms with Gasteiger partial charge in [0.15, 0.2) is 6.04 Å². The Morgan fingerprint density at radius 3 is 2.79 bits per heavy atom. The zero-order valence-electron chi connectivity index (χ0n) is 11.5. The van der Waals surface area contributed by atoms with E-state index in [1.54, 1.807) is 13.0 Å². The molecule has 3 atom stereocenters. The fraction of sp³-hybridized carbons (Fsp3) is 0.769. The summed E-state index contributed by atoms with van der Waals surface area (Å²) in [7, 11) is 0. The maximum absolute atomic E-state index is 13.1. The van der Waals surface area contributed by atoms with Gasteiger partial charge in [0.25, 0.3) is 0 Å². The molecule has 0 saturated carbocycles. The van der Waals surface area contributed by atoms with Gasteiger partial charge in [-0.2, -0.15) is 18.3 Å². The Labute approximate surface area is 111 Å². The largest absolute Gasteiger partial charge is 0.410 e. The zero-order valence-corrected chi connectivity index (χ0v) is 11.5. The van der Waals surface area contributed by atoms with E-state index in [2.05, 4.69) is 17.3 Å². The van der Waals surface area contributed by atoms with Crippen molar-refractivity contribution in [3.05, 3.63) is 11.8 Å². The number of rotatable bonds is 3. The lowest BCUT2D eigenvalue weighted by Crippen LogP contribution is -2.37. The normalized spacial score (nSPS) is 24.7. The van der Waals surface area contributed by atoms with Crippen molar-refractivity contribution >= 4 is 5.82 Å². The number of anilines is 1. The molecule has 1 N–H and O–H groups in total. The van der Waals surface area contributed by atoms with E-state index in [0.29, 0.717) is 5.82 Å². The van der Waals surface area contributed by atoms with Gasteiger partial charge in [-0.3, -0.25) is 0 Å². The van der Waals surface area contributed by atoms with Crippen LogP contribution in [0.2, 0.25) is 0 Å². The standard InChI is InChI=1S/C13H20F3N3/c1-4-5-8(2)10-7-12-17-9(3)6-11(13(14,15)16)19(12)18-10/h7-9,11,17H,4-6H2,1-3H3. The number of nitrogens with zero attached hydrogens (tertiary/aromatic N) is 2. The SMILES string of the molecule is CCCC(C)c1cc2n(n1)C(C(F)(F)F)CC(C)N2. The Bertz CT molecular complexity index is 439. The van der Waals surface area contributed by atoms with Gasteiger partial charge in [-0.15, -0.1) is 0 Å². The highest BCUT2D eigenvalue weighted by atomic mass is 19.4. The zero-order chi connectivity index (χ0) is 14.2. The highest BCUT2D eigenvalue weighted by Crippen LogP contribution is 2.40. The number of halogens is 3. The van der Waals surface area contributed by atoms with Crippen LogP contribution >= 0.6 is 0 Å². The molecular formula is C13H20F3N3. The summed E-state index contributed by atoms with van der Waals surface area (Å²) >= 11 is 0. The molecule has 3 nitrogen and oxygen atoms in total. The Kier molecular flexibility index (Phi) is 3.78. The first kappa shape index (κ1) is 14.2. The molecule has 1 aliphatic rings. The lowest BCUT2D eigenvalue weighted by atomic mass is 10.0. The quantitative estimate of drug-likeness (QED) is 0.900. The fourth-order valence-electron chi connectivity index (χ4n) is 2.60. The average Bonchev–Trinajstić information content (AvgIpc) is 2.70. The molecule has 0 aromatic carbocycles. The molecule has 0 spiro atoms. The molecule has 6 heteroatoms. The summed E-state index contributed by atoms with van der Waals surface area (Å²) in [6.45, 7) is 5.83. The van der Waals surface area contributed by atoms with Crippen molar-refractivity contribution in [1.29, 1.82) is 0 Å². The topological polar surface area (TPSA) is 29.9 Å². The molecule has 0 aliphatic carbocycles. The van der Waals surface area contributed by atoms with Gasteiger partial charge >= 0.3 is 6.18 Å². The van der Waals surface area contributed by atoms with E-state index in [1.807, 2.05) is 6.92 Å². The summed E-state index contributed by atoms with van der Waals surface area (Å²) < 4.78 is 40.3. The molecule has 2 rings (SSSR count). The van der Waals surface area contributed by atoms with E-state index in [9.17, 15) is 13.2 Å².